The lowest BCUT2D eigenvalue weighted by atomic mass is 9.82. The molecule has 2 heteroatoms. The molecule has 0 aliphatic heterocycles. The van der Waals surface area contributed by atoms with Crippen molar-refractivity contribution in [3.63, 3.8) is 0 Å². The first-order valence-electron chi connectivity index (χ1n) is 18.4. The van der Waals surface area contributed by atoms with E-state index in [0.717, 1.165) is 11.4 Å². The van der Waals surface area contributed by atoms with Gasteiger partial charge in [-0.05, 0) is 56.5 Å². The van der Waals surface area contributed by atoms with Gasteiger partial charge in [0.25, 0.3) is 0 Å². The second kappa shape index (κ2) is 21.5. The van der Waals surface area contributed by atoms with Crippen LogP contribution in [0.15, 0.2) is 60.9 Å². The Bertz CT molecular complexity index is 1030. The summed E-state index contributed by atoms with van der Waals surface area (Å²) in [5.41, 5.74) is 8.78. The Morgan fingerprint density at radius 3 is 0.830 bits per heavy atom. The molecule has 0 aliphatic rings. The molecule has 0 saturated carbocycles. The molecule has 0 bridgehead atoms. The van der Waals surface area contributed by atoms with Gasteiger partial charge >= 0.3 is 0 Å². The topological polar surface area (TPSA) is 25.8 Å². The van der Waals surface area contributed by atoms with Crippen LogP contribution < -0.4 is 0 Å². The summed E-state index contributed by atoms with van der Waals surface area (Å²) in [5, 5.41) is 0. The first-order chi connectivity index (χ1) is 21.3. The number of rotatable bonds is 1. The lowest BCUT2D eigenvalue weighted by Gasteiger charge is -2.23. The fourth-order valence-corrected chi connectivity index (χ4v) is 3.94. The number of nitrogens with zero attached hydrogens (tertiary/aromatic N) is 2. The van der Waals surface area contributed by atoms with Crippen molar-refractivity contribution >= 4 is 0 Å². The monoisotopic (exact) mass is 649 g/mol. The van der Waals surface area contributed by atoms with Crippen LogP contribution >= 0.6 is 0 Å². The first kappa shape index (κ1) is 48.9. The van der Waals surface area contributed by atoms with Crippen molar-refractivity contribution < 1.29 is 0 Å². The summed E-state index contributed by atoms with van der Waals surface area (Å²) in [5.74, 6) is 0.571. The van der Waals surface area contributed by atoms with Crippen LogP contribution in [0.1, 0.15) is 199 Å². The van der Waals surface area contributed by atoms with Gasteiger partial charge in [-0.1, -0.05) is 196 Å². The predicted octanol–water partition coefficient (Wildman–Crippen LogP) is 14.5. The van der Waals surface area contributed by atoms with E-state index >= 15 is 0 Å². The number of aromatic nitrogens is 2. The summed E-state index contributed by atoms with van der Waals surface area (Å²) in [6.07, 6.45) is 3.99. The number of hydrogen-bond acceptors (Lipinski definition) is 2. The summed E-state index contributed by atoms with van der Waals surface area (Å²) >= 11 is 0. The van der Waals surface area contributed by atoms with Gasteiger partial charge in [0.05, 0.1) is 0 Å². The molecule has 0 N–H and O–H groups in total. The molecule has 3 rings (SSSR count). The third kappa shape index (κ3) is 19.8. The van der Waals surface area contributed by atoms with Crippen molar-refractivity contribution in [2.45, 2.75) is 192 Å². The van der Waals surface area contributed by atoms with Gasteiger partial charge in [0.2, 0.25) is 0 Å². The molecule has 0 aliphatic carbocycles. The summed E-state index contributed by atoms with van der Waals surface area (Å²) in [6.45, 7) is 49.6. The smallest absolute Gasteiger partial charge is 0.0457 e. The summed E-state index contributed by atoms with van der Waals surface area (Å²) < 4.78 is 0. The van der Waals surface area contributed by atoms with E-state index in [2.05, 4.69) is 176 Å². The quantitative estimate of drug-likeness (QED) is 0.262. The zero-order valence-electron chi connectivity index (χ0n) is 35.7. The van der Waals surface area contributed by atoms with E-state index in [1.165, 1.54) is 22.3 Å². The molecule has 2 nitrogen and oxygen atoms in total. The van der Waals surface area contributed by atoms with Crippen LogP contribution in [-0.4, -0.2) is 9.97 Å². The Morgan fingerprint density at radius 2 is 0.638 bits per heavy atom. The van der Waals surface area contributed by atoms with Crippen molar-refractivity contribution in [1.29, 1.82) is 0 Å². The predicted molar refractivity (Wildman–Crippen MR) is 217 cm³/mol. The van der Waals surface area contributed by atoms with Crippen LogP contribution in [-0.2, 0) is 27.1 Å². The highest BCUT2D eigenvalue weighted by Crippen LogP contribution is 2.27. The molecule has 0 amide bonds. The van der Waals surface area contributed by atoms with E-state index in [9.17, 15) is 0 Å². The number of benzene rings is 1. The maximum atomic E-state index is 4.52. The van der Waals surface area contributed by atoms with E-state index in [4.69, 9.17) is 0 Å². The maximum Gasteiger partial charge on any atom is 0.0457 e. The molecule has 3 aromatic rings. The Labute approximate surface area is 296 Å². The minimum absolute atomic E-state index is 0.149. The van der Waals surface area contributed by atoms with E-state index in [-0.39, 0.29) is 27.1 Å². The van der Waals surface area contributed by atoms with Gasteiger partial charge < -0.3 is 0 Å². The lowest BCUT2D eigenvalue weighted by molar-refractivity contribution is 0.556. The highest BCUT2D eigenvalue weighted by Gasteiger charge is 2.19. The largest absolute Gasteiger partial charge is 0.260 e. The second-order valence-electron chi connectivity index (χ2n) is 16.9. The van der Waals surface area contributed by atoms with E-state index in [0.29, 0.717) is 5.92 Å². The molecule has 0 radical (unpaired) electrons. The van der Waals surface area contributed by atoms with Crippen LogP contribution in [0.4, 0.5) is 0 Å². The van der Waals surface area contributed by atoms with Gasteiger partial charge in [0.15, 0.2) is 0 Å². The average Bonchev–Trinajstić information content (AvgIpc) is 2.99. The van der Waals surface area contributed by atoms with Gasteiger partial charge in [-0.3, -0.25) is 9.97 Å². The van der Waals surface area contributed by atoms with Crippen LogP contribution in [0.2, 0.25) is 0 Å². The number of hydrogen-bond donors (Lipinski definition) is 0. The molecular formula is C45H80N2. The molecule has 0 saturated heterocycles. The third-order valence-electron chi connectivity index (χ3n) is 7.24. The molecule has 0 spiro atoms. The van der Waals surface area contributed by atoms with Crippen molar-refractivity contribution in [2.24, 2.45) is 0 Å². The van der Waals surface area contributed by atoms with Crippen LogP contribution in [0.3, 0.4) is 0 Å². The molecular weight excluding hydrogens is 569 g/mol. The summed E-state index contributed by atoms with van der Waals surface area (Å²) in [4.78, 5) is 8.99. The van der Waals surface area contributed by atoms with Gasteiger partial charge in [0, 0.05) is 34.6 Å². The molecule has 1 aromatic carbocycles. The highest BCUT2D eigenvalue weighted by atomic mass is 14.7. The zero-order valence-corrected chi connectivity index (χ0v) is 35.7. The van der Waals surface area contributed by atoms with Crippen molar-refractivity contribution in [3.05, 3.63) is 94.6 Å². The lowest BCUT2D eigenvalue weighted by Crippen LogP contribution is -2.16. The van der Waals surface area contributed by atoms with Gasteiger partial charge in [-0.2, -0.15) is 0 Å². The Kier molecular flexibility index (Phi) is 22.4. The Morgan fingerprint density at radius 1 is 0.362 bits per heavy atom. The summed E-state index contributed by atoms with van der Waals surface area (Å²) in [7, 11) is 0. The molecule has 270 valence electrons. The van der Waals surface area contributed by atoms with Crippen molar-refractivity contribution in [1.82, 2.24) is 9.97 Å². The molecule has 0 atom stereocenters. The molecule has 2 aromatic heterocycles. The van der Waals surface area contributed by atoms with Gasteiger partial charge in [0.1, 0.15) is 0 Å². The van der Waals surface area contributed by atoms with Crippen molar-refractivity contribution in [3.8, 4) is 0 Å². The zero-order chi connectivity index (χ0) is 38.0. The summed E-state index contributed by atoms with van der Waals surface area (Å²) in [6, 6.07) is 17.6. The number of pyridine rings is 2. The van der Waals surface area contributed by atoms with Gasteiger partial charge in [-0.25, -0.2) is 0 Å². The van der Waals surface area contributed by atoms with E-state index < -0.39 is 0 Å². The third-order valence-corrected chi connectivity index (χ3v) is 7.24. The maximum absolute atomic E-state index is 4.52. The Balaban J connectivity index is -0.000000571. The molecule has 0 fully saturated rings. The molecule has 2 heterocycles. The van der Waals surface area contributed by atoms with Crippen LogP contribution in [0, 0.1) is 0 Å². The fraction of sp³-hybridized carbons (Fsp3) is 0.644. The van der Waals surface area contributed by atoms with Crippen LogP contribution in [0.25, 0.3) is 0 Å². The SMILES string of the molecule is CC.CC.CC.CC(C)(C)c1ccc(C(C)(C)C)cc1.CC(C)(C)c1ccc(C(C)(C)C)nc1.CC(C)c1ccc(C(C)(C)C)nc1. The minimum Gasteiger partial charge on any atom is -0.260 e. The van der Waals surface area contributed by atoms with Crippen molar-refractivity contribution in [2.75, 3.05) is 0 Å². The van der Waals surface area contributed by atoms with E-state index in [1.807, 2.05) is 53.9 Å². The molecule has 47 heavy (non-hydrogen) atoms. The fourth-order valence-electron chi connectivity index (χ4n) is 3.94. The van der Waals surface area contributed by atoms with Crippen LogP contribution in [0.5, 0.6) is 0 Å². The standard InChI is InChI=1S/C14H22.C13H21N.C12H19N.3C2H6/c1-13(2,3)11-7-9-12(10-8-11)14(4,5)6;1-12(2,3)10-7-8-11(14-9-10)13(4,5)6;1-9(2)10-6-7-11(13-8-10)12(3,4)5;3*1-2/h7-10H,1-6H3;7-9H,1-6H3;6-9H,1-5H3;3*1-2H3. The second-order valence-corrected chi connectivity index (χ2v) is 16.9. The Hall–Kier alpha value is -2.48. The minimum atomic E-state index is 0.149. The molecule has 0 unspecified atom stereocenters. The highest BCUT2D eigenvalue weighted by molar-refractivity contribution is 5.31. The normalized spacial score (nSPS) is 11.5. The van der Waals surface area contributed by atoms with E-state index in [1.54, 1.807) is 0 Å². The average molecular weight is 649 g/mol. The first-order valence-corrected chi connectivity index (χ1v) is 18.4. The van der Waals surface area contributed by atoms with Gasteiger partial charge in [-0.15, -0.1) is 0 Å².